The predicted molar refractivity (Wildman–Crippen MR) is 88.3 cm³/mol. The van der Waals surface area contributed by atoms with E-state index in [1.165, 1.54) is 0 Å². The molecule has 0 aliphatic heterocycles. The summed E-state index contributed by atoms with van der Waals surface area (Å²) in [6, 6.07) is 22.2. The largest absolute Gasteiger partial charge is 0.396 e. The molecule has 0 bridgehead atoms. The van der Waals surface area contributed by atoms with Crippen molar-refractivity contribution in [3.05, 3.63) is 72.3 Å². The number of rotatable bonds is 5. The Kier molecular flexibility index (Phi) is 4.56. The summed E-state index contributed by atoms with van der Waals surface area (Å²) in [4.78, 5) is 0. The van der Waals surface area contributed by atoms with Crippen molar-refractivity contribution >= 4 is 0 Å². The van der Waals surface area contributed by atoms with Gasteiger partial charge in [0.15, 0.2) is 0 Å². The third-order valence-corrected chi connectivity index (χ3v) is 3.59. The van der Waals surface area contributed by atoms with Crippen molar-refractivity contribution in [2.45, 2.75) is 12.8 Å². The predicted octanol–water partition coefficient (Wildman–Crippen LogP) is 3.74. The summed E-state index contributed by atoms with van der Waals surface area (Å²) >= 11 is 0. The van der Waals surface area contributed by atoms with E-state index in [2.05, 4.69) is 16.3 Å². The summed E-state index contributed by atoms with van der Waals surface area (Å²) in [7, 11) is 0. The van der Waals surface area contributed by atoms with Crippen LogP contribution in [0.15, 0.2) is 66.7 Å². The summed E-state index contributed by atoms with van der Waals surface area (Å²) in [6.07, 6.45) is 1.51. The van der Waals surface area contributed by atoms with Crippen LogP contribution in [0.4, 0.5) is 0 Å². The van der Waals surface area contributed by atoms with Gasteiger partial charge in [-0.25, -0.2) is 0 Å². The summed E-state index contributed by atoms with van der Waals surface area (Å²) in [5, 5.41) is 18.0. The Morgan fingerprint density at radius 3 is 2.05 bits per heavy atom. The van der Waals surface area contributed by atoms with Crippen LogP contribution in [-0.4, -0.2) is 21.9 Å². The van der Waals surface area contributed by atoms with Crippen LogP contribution in [0.2, 0.25) is 0 Å². The van der Waals surface area contributed by atoms with Gasteiger partial charge in [0.1, 0.15) is 0 Å². The zero-order valence-electron chi connectivity index (χ0n) is 12.3. The minimum absolute atomic E-state index is 0.178. The highest BCUT2D eigenvalue weighted by molar-refractivity contribution is 5.67. The molecule has 1 N–H and O–H groups in total. The van der Waals surface area contributed by atoms with Crippen molar-refractivity contribution in [1.82, 2.24) is 10.2 Å². The SMILES string of the molecule is OCCCc1cc(-c2ccccc2)nnc1-c1ccccc1. The van der Waals surface area contributed by atoms with Crippen LogP contribution in [0.3, 0.4) is 0 Å². The summed E-state index contributed by atoms with van der Waals surface area (Å²) in [5.74, 6) is 0. The van der Waals surface area contributed by atoms with Gasteiger partial charge in [0.2, 0.25) is 0 Å². The molecule has 3 heteroatoms. The number of aliphatic hydroxyl groups is 1. The van der Waals surface area contributed by atoms with Gasteiger partial charge in [-0.2, -0.15) is 0 Å². The molecule has 0 atom stereocenters. The normalized spacial score (nSPS) is 10.6. The number of aryl methyl sites for hydroxylation is 1. The van der Waals surface area contributed by atoms with E-state index in [0.717, 1.165) is 40.9 Å². The molecule has 0 spiro atoms. The Labute approximate surface area is 130 Å². The van der Waals surface area contributed by atoms with Gasteiger partial charge in [0.25, 0.3) is 0 Å². The van der Waals surface area contributed by atoms with E-state index in [9.17, 15) is 0 Å². The number of hydrogen-bond donors (Lipinski definition) is 1. The molecule has 0 aliphatic carbocycles. The molecule has 3 rings (SSSR count). The number of nitrogens with zero attached hydrogens (tertiary/aromatic N) is 2. The van der Waals surface area contributed by atoms with E-state index in [1.54, 1.807) is 0 Å². The molecule has 22 heavy (non-hydrogen) atoms. The number of aromatic nitrogens is 2. The first-order chi connectivity index (χ1) is 10.9. The Morgan fingerprint density at radius 1 is 0.773 bits per heavy atom. The van der Waals surface area contributed by atoms with Crippen molar-refractivity contribution in [2.75, 3.05) is 6.61 Å². The smallest absolute Gasteiger partial charge is 0.0962 e. The molecular formula is C19H18N2O. The molecule has 0 radical (unpaired) electrons. The summed E-state index contributed by atoms with van der Waals surface area (Å²) < 4.78 is 0. The van der Waals surface area contributed by atoms with Crippen molar-refractivity contribution in [2.24, 2.45) is 0 Å². The minimum Gasteiger partial charge on any atom is -0.396 e. The monoisotopic (exact) mass is 290 g/mol. The molecule has 0 aliphatic rings. The Balaban J connectivity index is 2.04. The highest BCUT2D eigenvalue weighted by Crippen LogP contribution is 2.25. The Hall–Kier alpha value is -2.52. The van der Waals surface area contributed by atoms with Crippen LogP contribution < -0.4 is 0 Å². The van der Waals surface area contributed by atoms with E-state index >= 15 is 0 Å². The van der Waals surface area contributed by atoms with Crippen LogP contribution in [0.5, 0.6) is 0 Å². The molecule has 2 aromatic carbocycles. The van der Waals surface area contributed by atoms with Gasteiger partial charge in [0.05, 0.1) is 11.4 Å². The van der Waals surface area contributed by atoms with E-state index in [-0.39, 0.29) is 6.61 Å². The van der Waals surface area contributed by atoms with Crippen LogP contribution in [0.25, 0.3) is 22.5 Å². The molecule has 3 nitrogen and oxygen atoms in total. The fraction of sp³-hybridized carbons (Fsp3) is 0.158. The molecule has 3 aromatic rings. The molecule has 0 saturated carbocycles. The quantitative estimate of drug-likeness (QED) is 0.778. The van der Waals surface area contributed by atoms with Gasteiger partial charge in [-0.1, -0.05) is 60.7 Å². The maximum absolute atomic E-state index is 9.14. The molecular weight excluding hydrogens is 272 g/mol. The first kappa shape index (κ1) is 14.4. The lowest BCUT2D eigenvalue weighted by molar-refractivity contribution is 0.288. The first-order valence-electron chi connectivity index (χ1n) is 7.47. The van der Waals surface area contributed by atoms with E-state index in [1.807, 2.05) is 60.7 Å². The molecule has 110 valence electrons. The van der Waals surface area contributed by atoms with Crippen LogP contribution >= 0.6 is 0 Å². The van der Waals surface area contributed by atoms with Crippen molar-refractivity contribution in [3.8, 4) is 22.5 Å². The fourth-order valence-electron chi connectivity index (χ4n) is 2.48. The number of benzene rings is 2. The lowest BCUT2D eigenvalue weighted by Gasteiger charge is -2.10. The minimum atomic E-state index is 0.178. The average molecular weight is 290 g/mol. The highest BCUT2D eigenvalue weighted by Gasteiger charge is 2.10. The third kappa shape index (κ3) is 3.21. The van der Waals surface area contributed by atoms with Crippen LogP contribution in [0.1, 0.15) is 12.0 Å². The molecule has 1 heterocycles. The van der Waals surface area contributed by atoms with Gasteiger partial charge < -0.3 is 5.11 Å². The third-order valence-electron chi connectivity index (χ3n) is 3.59. The van der Waals surface area contributed by atoms with Gasteiger partial charge in [-0.05, 0) is 24.5 Å². The summed E-state index contributed by atoms with van der Waals surface area (Å²) in [5.41, 5.74) is 5.00. The van der Waals surface area contributed by atoms with E-state index < -0.39 is 0 Å². The van der Waals surface area contributed by atoms with E-state index in [4.69, 9.17) is 5.11 Å². The van der Waals surface area contributed by atoms with E-state index in [0.29, 0.717) is 0 Å². The fourth-order valence-corrected chi connectivity index (χ4v) is 2.48. The lowest BCUT2D eigenvalue weighted by atomic mass is 10.0. The maximum atomic E-state index is 9.14. The number of hydrogen-bond acceptors (Lipinski definition) is 3. The van der Waals surface area contributed by atoms with Crippen molar-refractivity contribution in [3.63, 3.8) is 0 Å². The second-order valence-corrected chi connectivity index (χ2v) is 5.16. The molecule has 1 aromatic heterocycles. The van der Waals surface area contributed by atoms with Crippen molar-refractivity contribution in [1.29, 1.82) is 0 Å². The van der Waals surface area contributed by atoms with Gasteiger partial charge in [-0.3, -0.25) is 0 Å². The standard InChI is InChI=1S/C19H18N2O/c22-13-7-12-17-14-18(15-8-3-1-4-9-15)20-21-19(17)16-10-5-2-6-11-16/h1-6,8-11,14,22H,7,12-13H2. The highest BCUT2D eigenvalue weighted by atomic mass is 16.2. The average Bonchev–Trinajstić information content (AvgIpc) is 2.61. The Bertz CT molecular complexity index is 727. The maximum Gasteiger partial charge on any atom is 0.0962 e. The topological polar surface area (TPSA) is 46.0 Å². The molecule has 0 amide bonds. The first-order valence-corrected chi connectivity index (χ1v) is 7.47. The van der Waals surface area contributed by atoms with Gasteiger partial charge in [-0.15, -0.1) is 10.2 Å². The van der Waals surface area contributed by atoms with Gasteiger partial charge >= 0.3 is 0 Å². The molecule has 0 saturated heterocycles. The van der Waals surface area contributed by atoms with Crippen LogP contribution in [0, 0.1) is 0 Å². The number of aliphatic hydroxyl groups excluding tert-OH is 1. The lowest BCUT2D eigenvalue weighted by Crippen LogP contribution is -2.00. The second-order valence-electron chi connectivity index (χ2n) is 5.16. The zero-order chi connectivity index (χ0) is 15.2. The van der Waals surface area contributed by atoms with Crippen molar-refractivity contribution < 1.29 is 5.11 Å². The van der Waals surface area contributed by atoms with Crippen LogP contribution in [-0.2, 0) is 6.42 Å². The zero-order valence-corrected chi connectivity index (χ0v) is 12.3. The molecule has 0 unspecified atom stereocenters. The Morgan fingerprint density at radius 2 is 1.41 bits per heavy atom. The second kappa shape index (κ2) is 6.96. The molecule has 0 fully saturated rings. The van der Waals surface area contributed by atoms with Gasteiger partial charge in [0, 0.05) is 17.7 Å². The summed E-state index contributed by atoms with van der Waals surface area (Å²) in [6.45, 7) is 0.178.